The van der Waals surface area contributed by atoms with E-state index in [1.807, 2.05) is 177 Å². The number of halogens is 10. The Kier molecular flexibility index (Phi) is 31.0. The first kappa shape index (κ1) is 99.3. The number of aromatic amines is 5. The number of hydrogen-bond acceptors (Lipinski definition) is 12. The van der Waals surface area contributed by atoms with Crippen LogP contribution in [0, 0.1) is 17.6 Å². The smallest absolute Gasteiger partial charge is 0.416 e. The minimum Gasteiger partial charge on any atom is -0.497 e. The van der Waals surface area contributed by atoms with Gasteiger partial charge in [-0.25, -0.2) is 32.8 Å². The number of carbonyl (C=O) groups excluding carboxylic acids is 5. The Morgan fingerprint density at radius 1 is 0.396 bits per heavy atom. The van der Waals surface area contributed by atoms with Crippen molar-refractivity contribution in [3.05, 3.63) is 338 Å². The highest BCUT2D eigenvalue weighted by Gasteiger charge is 2.43. The Bertz CT molecular complexity index is 7000. The van der Waals surface area contributed by atoms with Crippen LogP contribution in [0.2, 0.25) is 15.1 Å². The topological polar surface area (TPSA) is 245 Å². The van der Waals surface area contributed by atoms with Gasteiger partial charge < -0.3 is 58.1 Å². The van der Waals surface area contributed by atoms with Gasteiger partial charge in [-0.05, 0) is 256 Å². The van der Waals surface area contributed by atoms with Gasteiger partial charge in [-0.2, -0.15) is 13.2 Å². The number of hydrogen-bond donors (Lipinski definition) is 5. The van der Waals surface area contributed by atoms with Crippen molar-refractivity contribution >= 4 is 152 Å². The highest BCUT2D eigenvalue weighted by Crippen LogP contribution is 2.48. The number of rotatable bonds is 14. The predicted octanol–water partition coefficient (Wildman–Crippen LogP) is 27.6. The number of nitrogens with zero attached hydrogens (tertiary/aromatic N) is 5. The number of ether oxygens (including phenoxy) is 7. The number of nitrogens with one attached hydrogen (secondary N) is 5. The van der Waals surface area contributed by atoms with Gasteiger partial charge in [0.15, 0.2) is 11.6 Å². The van der Waals surface area contributed by atoms with Crippen LogP contribution in [0.15, 0.2) is 221 Å². The minimum absolute atomic E-state index is 0.106. The number of H-pyrrole nitrogens is 5. The first-order valence-electron chi connectivity index (χ1n) is 46.1. The molecule has 0 aliphatic carbocycles. The normalized spacial score (nSPS) is 16.4. The monoisotopic (exact) mass is 2080 g/mol. The van der Waals surface area contributed by atoms with E-state index in [-0.39, 0.29) is 60.6 Å². The second-order valence-electron chi connectivity index (χ2n) is 34.9. The van der Waals surface area contributed by atoms with Crippen LogP contribution in [0.4, 0.5) is 45.9 Å². The van der Waals surface area contributed by atoms with E-state index < -0.39 is 47.6 Å². The largest absolute Gasteiger partial charge is 0.497 e. The molecule has 5 aliphatic heterocycles. The van der Waals surface area contributed by atoms with E-state index >= 15 is 0 Å². The van der Waals surface area contributed by atoms with E-state index in [1.54, 1.807) is 50.9 Å². The van der Waals surface area contributed by atoms with Crippen LogP contribution in [-0.2, 0) is 62.0 Å². The molecule has 20 rings (SSSR count). The van der Waals surface area contributed by atoms with Crippen molar-refractivity contribution in [2.24, 2.45) is 5.92 Å². The van der Waals surface area contributed by atoms with Crippen molar-refractivity contribution in [3.63, 3.8) is 0 Å². The van der Waals surface area contributed by atoms with Crippen molar-refractivity contribution in [2.45, 2.75) is 129 Å². The average Bonchev–Trinajstić information content (AvgIpc) is 1.61. The van der Waals surface area contributed by atoms with E-state index in [0.717, 1.165) is 164 Å². The molecule has 32 heteroatoms. The van der Waals surface area contributed by atoms with Crippen molar-refractivity contribution < 1.29 is 79.1 Å². The lowest BCUT2D eigenvalue weighted by Gasteiger charge is -2.36. The zero-order chi connectivity index (χ0) is 98.4. The fraction of sp³-hybridized carbons (Fsp3) is 0.299. The molecule has 0 saturated heterocycles. The van der Waals surface area contributed by atoms with Gasteiger partial charge in [-0.3, -0.25) is 24.5 Å². The van der Waals surface area contributed by atoms with Crippen LogP contribution >= 0.6 is 66.7 Å². The standard InChI is InChI=1S/C23H25ClN2O3.C22H20ClF3N2O2.C22H23ClN2O3.C20H17BrF2N2O2.C20H19BrN2O2/c1-14(2)13-29-23(27)26-11-10-18-19-12-16(24)6-9-20(19)25-21(18)22(26)15-4-7-17(28-3)8-5-15;1-12(2)30-21(29)28-10-9-16-17-11-15(23)7-8-18(17)27-19(16)20(28)13-3-5-14(6-4-13)22(24,25)26;1-3-12-28-22(26)25-11-10-17-18-13-15(23)6-9-19(18)24-20(17)21(25)14-4-7-16(27-2)8-5-14;1-2-27-20(26)25-9-8-12-14-10-11(21)6-7-16(14)24-18(12)19(25)13-4-3-5-15(22)17(13)23;1-2-25-20(24)23-11-10-15-16-12-14(21)8-9-17(16)22-18(15)19(23)13-6-4-3-5-7-13/h4-9,12,14,22,25H,10-11,13H2,1-3H3;3-8,11-12,20,27H,9-10H2,1-2H3;4-9,13,21,24H,3,10-12H2,1-2H3;3-7,10,19,24H,2,8-9H2,1H3;3-9,12,19,22H,2,10-11H2,1H3. The van der Waals surface area contributed by atoms with Gasteiger partial charge in [0, 0.05) is 145 Å². The number of alkyl halides is 3. The molecule has 5 amide bonds. The second kappa shape index (κ2) is 43.4. The van der Waals surface area contributed by atoms with Gasteiger partial charge in [-0.15, -0.1) is 0 Å². The summed E-state index contributed by atoms with van der Waals surface area (Å²) >= 11 is 25.7. The summed E-state index contributed by atoms with van der Waals surface area (Å²) in [7, 11) is 3.29. The van der Waals surface area contributed by atoms with Crippen LogP contribution < -0.4 is 9.47 Å². The number of fused-ring (bicyclic) bond motifs is 15. The van der Waals surface area contributed by atoms with Crippen LogP contribution in [0.25, 0.3) is 54.5 Å². The molecule has 724 valence electrons. The molecule has 5 N–H and O–H groups in total. The Labute approximate surface area is 832 Å². The lowest BCUT2D eigenvalue weighted by atomic mass is 9.92. The summed E-state index contributed by atoms with van der Waals surface area (Å²) in [5, 5.41) is 7.41. The zero-order valence-electron chi connectivity index (χ0n) is 77.8. The summed E-state index contributed by atoms with van der Waals surface area (Å²) < 4.78 is 107. The molecule has 5 unspecified atom stereocenters. The maximum Gasteiger partial charge on any atom is 0.416 e. The van der Waals surface area contributed by atoms with E-state index in [1.165, 1.54) is 51.2 Å². The molecule has 15 aromatic rings. The van der Waals surface area contributed by atoms with Crippen LogP contribution in [0.3, 0.4) is 0 Å². The quantitative estimate of drug-likeness (QED) is 0.0504. The number of carbonyl (C=O) groups is 5. The van der Waals surface area contributed by atoms with Gasteiger partial charge in [-0.1, -0.05) is 166 Å². The molecule has 0 saturated carbocycles. The Morgan fingerprint density at radius 3 is 1.08 bits per heavy atom. The molecular weight excluding hydrogens is 1980 g/mol. The third-order valence-electron chi connectivity index (χ3n) is 25.3. The maximum atomic E-state index is 14.6. The van der Waals surface area contributed by atoms with E-state index in [9.17, 15) is 45.9 Å². The molecule has 0 fully saturated rings. The fourth-order valence-corrected chi connectivity index (χ4v) is 20.3. The predicted molar refractivity (Wildman–Crippen MR) is 537 cm³/mol. The van der Waals surface area contributed by atoms with E-state index in [0.29, 0.717) is 91.7 Å². The van der Waals surface area contributed by atoms with Crippen LogP contribution in [-0.4, -0.2) is 159 Å². The summed E-state index contributed by atoms with van der Waals surface area (Å²) in [6, 6.07) is 62.0. The first-order valence-corrected chi connectivity index (χ1v) is 48.8. The molecule has 0 radical (unpaired) electrons. The number of amides is 5. The molecule has 0 bridgehead atoms. The number of aromatic nitrogens is 5. The molecule has 0 spiro atoms. The molecule has 5 atom stereocenters. The molecule has 5 aromatic heterocycles. The third kappa shape index (κ3) is 21.4. The Hall–Kier alpha value is -12.7. The highest BCUT2D eigenvalue weighted by molar-refractivity contribution is 9.10. The lowest BCUT2D eigenvalue weighted by Crippen LogP contribution is -2.41. The van der Waals surface area contributed by atoms with Gasteiger partial charge in [0.25, 0.3) is 0 Å². The van der Waals surface area contributed by atoms with Gasteiger partial charge in [0.1, 0.15) is 41.7 Å². The average molecular weight is 2080 g/mol. The SMILES string of the molecule is CC(C)OC(=O)N1CCc2c([nH]c3ccc(Cl)cc23)C1c1ccc(C(F)(F)F)cc1.CCCOC(=O)N1CCc2c([nH]c3ccc(Cl)cc23)C1c1ccc(OC)cc1.CCOC(=O)N1CCc2c([nH]c3ccc(Br)cc23)C1c1cccc(F)c1F.CCOC(=O)N1CCc2c([nH]c3ccc(Br)cc23)C1c1ccccc1.COc1ccc(C2c3[nH]c4ccc(Cl)cc4c3CCN2C(=O)OCC(C)C)cc1. The first-order chi connectivity index (χ1) is 66.9. The summed E-state index contributed by atoms with van der Waals surface area (Å²) in [4.78, 5) is 89.3. The highest BCUT2D eigenvalue weighted by atomic mass is 79.9. The summed E-state index contributed by atoms with van der Waals surface area (Å²) in [5.74, 6) is -0.0498. The van der Waals surface area contributed by atoms with Gasteiger partial charge in [0.2, 0.25) is 0 Å². The molecule has 139 heavy (non-hydrogen) atoms. The van der Waals surface area contributed by atoms with Crippen molar-refractivity contribution in [2.75, 3.05) is 73.4 Å². The minimum atomic E-state index is -4.43. The van der Waals surface area contributed by atoms with E-state index in [2.05, 4.69) is 81.0 Å². The molecule has 10 aromatic carbocycles. The zero-order valence-corrected chi connectivity index (χ0v) is 83.2. The lowest BCUT2D eigenvalue weighted by molar-refractivity contribution is -0.137. The van der Waals surface area contributed by atoms with Gasteiger partial charge in [0.05, 0.1) is 52.3 Å². The van der Waals surface area contributed by atoms with Gasteiger partial charge >= 0.3 is 36.6 Å². The van der Waals surface area contributed by atoms with Crippen molar-refractivity contribution in [1.82, 2.24) is 49.4 Å². The number of methoxy groups -OCH3 is 2. The maximum absolute atomic E-state index is 14.6. The second-order valence-corrected chi connectivity index (χ2v) is 38.0. The van der Waals surface area contributed by atoms with Crippen LogP contribution in [0.5, 0.6) is 11.5 Å². The molecule has 10 heterocycles. The Balaban J connectivity index is 0.000000126. The summed E-state index contributed by atoms with van der Waals surface area (Å²) in [6.07, 6.45) is -2.33. The molecule has 22 nitrogen and oxygen atoms in total. The van der Waals surface area contributed by atoms with E-state index in [4.69, 9.17) is 68.0 Å². The van der Waals surface area contributed by atoms with Crippen molar-refractivity contribution in [1.29, 1.82) is 0 Å². The molecular formula is C107H104Br2Cl3F5N10O12. The Morgan fingerprint density at radius 2 is 0.727 bits per heavy atom. The third-order valence-corrected chi connectivity index (χ3v) is 27.0. The fourth-order valence-electron chi connectivity index (χ4n) is 19.1. The van der Waals surface area contributed by atoms with Crippen LogP contribution in [0.1, 0.15) is 175 Å². The summed E-state index contributed by atoms with van der Waals surface area (Å²) in [5.41, 5.74) is 18.2. The number of benzene rings is 10. The molecule has 5 aliphatic rings. The summed E-state index contributed by atoms with van der Waals surface area (Å²) in [6.45, 7) is 17.1. The van der Waals surface area contributed by atoms with Crippen molar-refractivity contribution in [3.8, 4) is 11.5 Å².